The normalized spacial score (nSPS) is 16.9. The Labute approximate surface area is 140 Å². The van der Waals surface area contributed by atoms with Crippen molar-refractivity contribution < 1.29 is 19.1 Å². The Morgan fingerprint density at radius 3 is 2.83 bits per heavy atom. The zero-order valence-electron chi connectivity index (χ0n) is 13.3. The molecule has 0 aromatic heterocycles. The van der Waals surface area contributed by atoms with Gasteiger partial charge in [-0.3, -0.25) is 9.59 Å². The van der Waals surface area contributed by atoms with Crippen LogP contribution in [0.1, 0.15) is 19.8 Å². The number of rotatable bonds is 6. The average molecular weight is 341 g/mol. The molecule has 1 saturated heterocycles. The van der Waals surface area contributed by atoms with Crippen molar-refractivity contribution in [3.63, 3.8) is 0 Å². The molecule has 7 heteroatoms. The van der Waals surface area contributed by atoms with Gasteiger partial charge < -0.3 is 19.7 Å². The third-order valence-electron chi connectivity index (χ3n) is 3.68. The molecular weight excluding hydrogens is 320 g/mol. The summed E-state index contributed by atoms with van der Waals surface area (Å²) in [6.45, 7) is 2.55. The average Bonchev–Trinajstić information content (AvgIpc) is 3.03. The third kappa shape index (κ3) is 4.84. The van der Waals surface area contributed by atoms with E-state index in [1.807, 2.05) is 0 Å². The highest BCUT2D eigenvalue weighted by atomic mass is 35.5. The van der Waals surface area contributed by atoms with Crippen LogP contribution in [0.25, 0.3) is 0 Å². The number of nitrogens with zero attached hydrogens (tertiary/aromatic N) is 1. The fourth-order valence-electron chi connectivity index (χ4n) is 2.44. The summed E-state index contributed by atoms with van der Waals surface area (Å²) in [6.07, 6.45) is 2.04. The molecule has 126 valence electrons. The van der Waals surface area contributed by atoms with Crippen molar-refractivity contribution in [3.05, 3.63) is 23.2 Å². The molecule has 2 rings (SSSR count). The van der Waals surface area contributed by atoms with Gasteiger partial charge in [0.25, 0.3) is 0 Å². The highest BCUT2D eigenvalue weighted by Crippen LogP contribution is 2.29. The molecule has 1 N–H and O–H groups in total. The summed E-state index contributed by atoms with van der Waals surface area (Å²) < 4.78 is 10.5. The van der Waals surface area contributed by atoms with Gasteiger partial charge in [-0.2, -0.15) is 0 Å². The van der Waals surface area contributed by atoms with Gasteiger partial charge in [0.15, 0.2) is 0 Å². The molecule has 0 radical (unpaired) electrons. The van der Waals surface area contributed by atoms with E-state index in [4.69, 9.17) is 21.1 Å². The molecule has 1 aliphatic rings. The van der Waals surface area contributed by atoms with Gasteiger partial charge in [0.1, 0.15) is 12.3 Å². The van der Waals surface area contributed by atoms with Crippen molar-refractivity contribution in [1.82, 2.24) is 5.32 Å². The van der Waals surface area contributed by atoms with Crippen molar-refractivity contribution >= 4 is 29.1 Å². The molecule has 0 bridgehead atoms. The van der Waals surface area contributed by atoms with Gasteiger partial charge in [-0.15, -0.1) is 0 Å². The largest absolute Gasteiger partial charge is 0.495 e. The van der Waals surface area contributed by atoms with Crippen molar-refractivity contribution in [2.45, 2.75) is 25.9 Å². The lowest BCUT2D eigenvalue weighted by Gasteiger charge is -2.22. The first-order chi connectivity index (χ1) is 11.0. The minimum Gasteiger partial charge on any atom is -0.495 e. The number of ether oxygens (including phenoxy) is 2. The van der Waals surface area contributed by atoms with Crippen LogP contribution in [0, 0.1) is 0 Å². The number of carbonyl (C=O) groups excluding carboxylic acids is 2. The molecule has 23 heavy (non-hydrogen) atoms. The molecule has 0 spiro atoms. The van der Waals surface area contributed by atoms with Crippen LogP contribution in [0.2, 0.25) is 5.02 Å². The van der Waals surface area contributed by atoms with Gasteiger partial charge in [0.05, 0.1) is 18.2 Å². The van der Waals surface area contributed by atoms with Crippen LogP contribution in [-0.2, 0) is 14.3 Å². The standard InChI is InChI=1S/C16H21ClN2O4/c1-11(20)19(12-5-6-15(22-2)14(17)8-12)10-16(21)18-9-13-4-3-7-23-13/h5-6,8,13H,3-4,7,9-10H2,1-2H3,(H,18,21). The van der Waals surface area contributed by atoms with Gasteiger partial charge in [-0.25, -0.2) is 0 Å². The number of hydrogen-bond donors (Lipinski definition) is 1. The predicted octanol–water partition coefficient (Wildman–Crippen LogP) is 2.00. The van der Waals surface area contributed by atoms with E-state index >= 15 is 0 Å². The van der Waals surface area contributed by atoms with E-state index in [0.29, 0.717) is 23.0 Å². The summed E-state index contributed by atoms with van der Waals surface area (Å²) in [5.41, 5.74) is 0.551. The number of anilines is 1. The molecule has 1 aromatic carbocycles. The van der Waals surface area contributed by atoms with Crippen LogP contribution in [0.3, 0.4) is 0 Å². The Bertz CT molecular complexity index is 573. The fourth-order valence-corrected chi connectivity index (χ4v) is 2.69. The number of carbonyl (C=O) groups is 2. The Kier molecular flexibility index (Phi) is 6.24. The van der Waals surface area contributed by atoms with E-state index in [0.717, 1.165) is 19.4 Å². The zero-order chi connectivity index (χ0) is 16.8. The Hall–Kier alpha value is -1.79. The Balaban J connectivity index is 1.99. The van der Waals surface area contributed by atoms with E-state index in [2.05, 4.69) is 5.32 Å². The minimum atomic E-state index is -0.238. The van der Waals surface area contributed by atoms with Crippen LogP contribution in [-0.4, -0.2) is 44.7 Å². The summed E-state index contributed by atoms with van der Waals surface area (Å²) in [5, 5.41) is 3.19. The number of amides is 2. The van der Waals surface area contributed by atoms with E-state index in [-0.39, 0.29) is 24.5 Å². The summed E-state index contributed by atoms with van der Waals surface area (Å²) in [6, 6.07) is 4.96. The molecule has 1 fully saturated rings. The number of halogens is 1. The van der Waals surface area contributed by atoms with E-state index < -0.39 is 0 Å². The zero-order valence-corrected chi connectivity index (χ0v) is 14.1. The van der Waals surface area contributed by atoms with Gasteiger partial charge in [-0.05, 0) is 31.0 Å². The first kappa shape index (κ1) is 17.6. The number of benzene rings is 1. The second-order valence-electron chi connectivity index (χ2n) is 5.36. The lowest BCUT2D eigenvalue weighted by Crippen LogP contribution is -2.42. The quantitative estimate of drug-likeness (QED) is 0.860. The maximum Gasteiger partial charge on any atom is 0.240 e. The van der Waals surface area contributed by atoms with E-state index in [1.165, 1.54) is 18.9 Å². The summed E-state index contributed by atoms with van der Waals surface area (Å²) >= 11 is 6.08. The molecule has 1 aliphatic heterocycles. The van der Waals surface area contributed by atoms with Crippen LogP contribution in [0.5, 0.6) is 5.75 Å². The number of methoxy groups -OCH3 is 1. The lowest BCUT2D eigenvalue weighted by atomic mass is 10.2. The van der Waals surface area contributed by atoms with Gasteiger partial charge in [0, 0.05) is 25.8 Å². The highest BCUT2D eigenvalue weighted by Gasteiger charge is 2.19. The molecule has 0 aliphatic carbocycles. The first-order valence-electron chi connectivity index (χ1n) is 7.51. The summed E-state index contributed by atoms with van der Waals surface area (Å²) in [5.74, 6) is 0.0443. The molecule has 6 nitrogen and oxygen atoms in total. The predicted molar refractivity (Wildman–Crippen MR) is 88.0 cm³/mol. The van der Waals surface area contributed by atoms with Crippen LogP contribution in [0.4, 0.5) is 5.69 Å². The molecule has 2 amide bonds. The molecule has 1 heterocycles. The van der Waals surface area contributed by atoms with Gasteiger partial charge >= 0.3 is 0 Å². The minimum absolute atomic E-state index is 0.0648. The second kappa shape index (κ2) is 8.17. The van der Waals surface area contributed by atoms with Crippen LogP contribution >= 0.6 is 11.6 Å². The third-order valence-corrected chi connectivity index (χ3v) is 3.98. The second-order valence-corrected chi connectivity index (χ2v) is 5.77. The van der Waals surface area contributed by atoms with Crippen molar-refractivity contribution in [2.24, 2.45) is 0 Å². The summed E-state index contributed by atoms with van der Waals surface area (Å²) in [4.78, 5) is 25.3. The Morgan fingerprint density at radius 2 is 2.26 bits per heavy atom. The van der Waals surface area contributed by atoms with Crippen molar-refractivity contribution in [2.75, 3.05) is 31.7 Å². The van der Waals surface area contributed by atoms with Gasteiger partial charge in [-0.1, -0.05) is 11.6 Å². The first-order valence-corrected chi connectivity index (χ1v) is 7.89. The highest BCUT2D eigenvalue weighted by molar-refractivity contribution is 6.32. The SMILES string of the molecule is COc1ccc(N(CC(=O)NCC2CCCO2)C(C)=O)cc1Cl. The molecule has 1 atom stereocenters. The monoisotopic (exact) mass is 340 g/mol. The van der Waals surface area contributed by atoms with Crippen LogP contribution in [0.15, 0.2) is 18.2 Å². The van der Waals surface area contributed by atoms with Crippen molar-refractivity contribution in [1.29, 1.82) is 0 Å². The maximum absolute atomic E-state index is 12.1. The summed E-state index contributed by atoms with van der Waals surface area (Å²) in [7, 11) is 1.52. The fraction of sp³-hybridized carbons (Fsp3) is 0.500. The number of nitrogens with one attached hydrogen (secondary N) is 1. The molecule has 1 aromatic rings. The van der Waals surface area contributed by atoms with Gasteiger partial charge in [0.2, 0.25) is 11.8 Å². The number of hydrogen-bond acceptors (Lipinski definition) is 4. The maximum atomic E-state index is 12.1. The smallest absolute Gasteiger partial charge is 0.240 e. The Morgan fingerprint density at radius 1 is 1.48 bits per heavy atom. The van der Waals surface area contributed by atoms with E-state index in [1.54, 1.807) is 18.2 Å². The molecule has 1 unspecified atom stereocenters. The molecular formula is C16H21ClN2O4. The molecule has 0 saturated carbocycles. The van der Waals surface area contributed by atoms with Crippen molar-refractivity contribution in [3.8, 4) is 5.75 Å². The van der Waals surface area contributed by atoms with Crippen LogP contribution < -0.4 is 15.0 Å². The van der Waals surface area contributed by atoms with E-state index in [9.17, 15) is 9.59 Å². The lowest BCUT2D eigenvalue weighted by molar-refractivity contribution is -0.123. The topological polar surface area (TPSA) is 67.9 Å².